The number of aromatic nitrogens is 1. The Hall–Kier alpha value is -6.84. The normalized spacial score (nSPS) is 11.6. The first kappa shape index (κ1) is 31.9. The molecule has 3 heteroatoms. The van der Waals surface area contributed by atoms with Crippen LogP contribution in [0, 0.1) is 20.8 Å². The average Bonchev–Trinajstić information content (AvgIpc) is 3.75. The maximum Gasteiger partial charge on any atom is 0.143 e. The number of para-hydroxylation sites is 4. The lowest BCUT2D eigenvalue weighted by Crippen LogP contribution is -2.12. The van der Waals surface area contributed by atoms with E-state index < -0.39 is 0 Å². The van der Waals surface area contributed by atoms with Crippen molar-refractivity contribution in [1.82, 2.24) is 4.57 Å². The van der Waals surface area contributed by atoms with E-state index in [0.717, 1.165) is 55.8 Å². The van der Waals surface area contributed by atoms with Crippen molar-refractivity contribution in [3.05, 3.63) is 193 Å². The Morgan fingerprint density at radius 2 is 1.04 bits per heavy atom. The van der Waals surface area contributed by atoms with Crippen LogP contribution in [0.25, 0.3) is 71.7 Å². The molecular weight excluding hydrogens is 657 g/mol. The first-order valence-corrected chi connectivity index (χ1v) is 18.6. The molecular formula is C51H38N2O. The highest BCUT2D eigenvalue weighted by Gasteiger charge is 2.22. The van der Waals surface area contributed by atoms with Crippen molar-refractivity contribution in [2.24, 2.45) is 0 Å². The van der Waals surface area contributed by atoms with E-state index in [1.54, 1.807) is 0 Å². The van der Waals surface area contributed by atoms with Gasteiger partial charge in [-0.05, 0) is 115 Å². The van der Waals surface area contributed by atoms with E-state index in [9.17, 15) is 0 Å². The molecule has 0 bridgehead atoms. The molecule has 54 heavy (non-hydrogen) atoms. The molecule has 0 unspecified atom stereocenters. The molecule has 10 aromatic rings. The Kier molecular flexibility index (Phi) is 7.48. The van der Waals surface area contributed by atoms with Crippen molar-refractivity contribution in [2.45, 2.75) is 20.8 Å². The first-order chi connectivity index (χ1) is 26.5. The van der Waals surface area contributed by atoms with Crippen LogP contribution in [0.1, 0.15) is 16.7 Å². The molecule has 8 aromatic carbocycles. The van der Waals surface area contributed by atoms with Crippen LogP contribution in [0.2, 0.25) is 0 Å². The van der Waals surface area contributed by atoms with Crippen LogP contribution < -0.4 is 4.90 Å². The fraction of sp³-hybridized carbons (Fsp3) is 0.0588. The third-order valence-corrected chi connectivity index (χ3v) is 10.9. The predicted octanol–water partition coefficient (Wildman–Crippen LogP) is 14.4. The molecule has 2 aromatic heterocycles. The summed E-state index contributed by atoms with van der Waals surface area (Å²) in [5.74, 6) is 0. The summed E-state index contributed by atoms with van der Waals surface area (Å²) in [7, 11) is 0. The van der Waals surface area contributed by atoms with Gasteiger partial charge in [-0.2, -0.15) is 0 Å². The first-order valence-electron chi connectivity index (χ1n) is 18.6. The minimum atomic E-state index is 0.880. The van der Waals surface area contributed by atoms with Gasteiger partial charge in [-0.15, -0.1) is 0 Å². The molecule has 0 fully saturated rings. The van der Waals surface area contributed by atoms with Crippen LogP contribution >= 0.6 is 0 Å². The van der Waals surface area contributed by atoms with Crippen LogP contribution in [0.5, 0.6) is 0 Å². The van der Waals surface area contributed by atoms with Gasteiger partial charge in [0.05, 0.1) is 11.0 Å². The van der Waals surface area contributed by atoms with Gasteiger partial charge in [-0.25, -0.2) is 0 Å². The molecule has 258 valence electrons. The maximum absolute atomic E-state index is 6.76. The number of furan rings is 1. The smallest absolute Gasteiger partial charge is 0.143 e. The van der Waals surface area contributed by atoms with Gasteiger partial charge in [0.2, 0.25) is 0 Å². The second kappa shape index (κ2) is 12.7. The topological polar surface area (TPSA) is 21.3 Å². The second-order valence-corrected chi connectivity index (χ2v) is 14.3. The molecule has 0 radical (unpaired) electrons. The Morgan fingerprint density at radius 3 is 1.76 bits per heavy atom. The van der Waals surface area contributed by atoms with Crippen molar-refractivity contribution in [3.8, 4) is 27.9 Å². The van der Waals surface area contributed by atoms with Crippen molar-refractivity contribution < 1.29 is 4.42 Å². The van der Waals surface area contributed by atoms with Gasteiger partial charge in [0.1, 0.15) is 11.2 Å². The molecule has 0 spiro atoms. The minimum Gasteiger partial charge on any atom is -0.455 e. The number of rotatable bonds is 6. The summed E-state index contributed by atoms with van der Waals surface area (Å²) in [4.78, 5) is 2.42. The van der Waals surface area contributed by atoms with E-state index in [2.05, 4.69) is 200 Å². The molecule has 0 saturated carbocycles. The zero-order chi connectivity index (χ0) is 36.3. The van der Waals surface area contributed by atoms with Crippen LogP contribution in [0.3, 0.4) is 0 Å². The summed E-state index contributed by atoms with van der Waals surface area (Å²) in [5.41, 5.74) is 16.9. The molecule has 0 saturated heterocycles. The Balaban J connectivity index is 1.23. The molecule has 0 amide bonds. The van der Waals surface area contributed by atoms with Crippen LogP contribution in [-0.4, -0.2) is 4.57 Å². The molecule has 0 aliphatic rings. The van der Waals surface area contributed by atoms with Gasteiger partial charge >= 0.3 is 0 Å². The minimum absolute atomic E-state index is 0.880. The lowest BCUT2D eigenvalue weighted by molar-refractivity contribution is 0.670. The highest BCUT2D eigenvalue weighted by Crippen LogP contribution is 2.46. The SMILES string of the molecule is Cc1ccccc1N(c1cc(C)c(-c2ccccc2)c(C)c1)c1cc(-c2cccc(-n3c4ccccc4c4ccccc43)c2)c2oc3ccccc3c2c1. The third-order valence-electron chi connectivity index (χ3n) is 10.9. The van der Waals surface area contributed by atoms with Crippen LogP contribution in [0.15, 0.2) is 180 Å². The Labute approximate surface area is 315 Å². The summed E-state index contributed by atoms with van der Waals surface area (Å²) >= 11 is 0. The van der Waals surface area contributed by atoms with E-state index in [4.69, 9.17) is 4.42 Å². The number of hydrogen-bond acceptors (Lipinski definition) is 2. The van der Waals surface area contributed by atoms with Gasteiger partial charge in [0, 0.05) is 49.9 Å². The highest BCUT2D eigenvalue weighted by molar-refractivity contribution is 6.12. The van der Waals surface area contributed by atoms with Gasteiger partial charge in [-0.3, -0.25) is 0 Å². The van der Waals surface area contributed by atoms with Crippen molar-refractivity contribution in [1.29, 1.82) is 0 Å². The lowest BCUT2D eigenvalue weighted by atomic mass is 9.94. The number of hydrogen-bond donors (Lipinski definition) is 0. The third kappa shape index (κ3) is 5.12. The fourth-order valence-corrected chi connectivity index (χ4v) is 8.54. The summed E-state index contributed by atoms with van der Waals surface area (Å²) in [6.45, 7) is 6.66. The van der Waals surface area contributed by atoms with E-state index >= 15 is 0 Å². The Morgan fingerprint density at radius 1 is 0.444 bits per heavy atom. The number of aryl methyl sites for hydroxylation is 3. The number of benzene rings is 8. The van der Waals surface area contributed by atoms with Gasteiger partial charge in [0.15, 0.2) is 0 Å². The molecule has 2 heterocycles. The van der Waals surface area contributed by atoms with Gasteiger partial charge in [0.25, 0.3) is 0 Å². The monoisotopic (exact) mass is 694 g/mol. The van der Waals surface area contributed by atoms with Gasteiger partial charge in [-0.1, -0.05) is 115 Å². The summed E-state index contributed by atoms with van der Waals surface area (Å²) in [5, 5.41) is 4.69. The van der Waals surface area contributed by atoms with Gasteiger partial charge < -0.3 is 13.9 Å². The largest absolute Gasteiger partial charge is 0.455 e. The highest BCUT2D eigenvalue weighted by atomic mass is 16.3. The number of anilines is 3. The number of fused-ring (bicyclic) bond motifs is 6. The summed E-state index contributed by atoms with van der Waals surface area (Å²) < 4.78 is 9.14. The predicted molar refractivity (Wildman–Crippen MR) is 228 cm³/mol. The second-order valence-electron chi connectivity index (χ2n) is 14.3. The van der Waals surface area contributed by atoms with Crippen molar-refractivity contribution >= 4 is 60.8 Å². The maximum atomic E-state index is 6.76. The van der Waals surface area contributed by atoms with E-state index in [0.29, 0.717) is 0 Å². The molecule has 0 atom stereocenters. The lowest BCUT2D eigenvalue weighted by Gasteiger charge is -2.29. The fourth-order valence-electron chi connectivity index (χ4n) is 8.54. The van der Waals surface area contributed by atoms with E-state index in [1.807, 2.05) is 6.07 Å². The van der Waals surface area contributed by atoms with Crippen molar-refractivity contribution in [3.63, 3.8) is 0 Å². The molecule has 3 nitrogen and oxygen atoms in total. The number of nitrogens with zero attached hydrogens (tertiary/aromatic N) is 2. The zero-order valence-electron chi connectivity index (χ0n) is 30.5. The standard InChI is InChI=1S/C51H38N2O/c1-33-16-7-11-24-46(33)52(39-28-34(2)50(35(3)29-39)36-17-5-4-6-18-36)40-31-44(51-45(32-40)43-23-10-14-27-49(43)54-51)37-19-15-20-38(30-37)53-47-25-12-8-21-41(47)42-22-9-13-26-48(42)53/h4-32H,1-3H3. The quantitative estimate of drug-likeness (QED) is 0.173. The average molecular weight is 695 g/mol. The van der Waals surface area contributed by atoms with Crippen LogP contribution in [-0.2, 0) is 0 Å². The van der Waals surface area contributed by atoms with Crippen LogP contribution in [0.4, 0.5) is 17.1 Å². The molecule has 10 rings (SSSR count). The zero-order valence-corrected chi connectivity index (χ0v) is 30.5. The van der Waals surface area contributed by atoms with E-state index in [-0.39, 0.29) is 0 Å². The summed E-state index contributed by atoms with van der Waals surface area (Å²) in [6, 6.07) is 63.3. The molecule has 0 N–H and O–H groups in total. The molecule has 0 aliphatic heterocycles. The molecule has 0 aliphatic carbocycles. The van der Waals surface area contributed by atoms with E-state index in [1.165, 1.54) is 49.6 Å². The summed E-state index contributed by atoms with van der Waals surface area (Å²) in [6.07, 6.45) is 0. The van der Waals surface area contributed by atoms with Crippen molar-refractivity contribution in [2.75, 3.05) is 4.90 Å². The Bertz CT molecular complexity index is 2960.